The number of thiophene rings is 1. The summed E-state index contributed by atoms with van der Waals surface area (Å²) >= 11 is 1.30. The van der Waals surface area contributed by atoms with Gasteiger partial charge in [-0.25, -0.2) is 0 Å². The molecular formula is C22H27N2O4S+. The summed E-state index contributed by atoms with van der Waals surface area (Å²) in [5.41, 5.74) is 0.924. The number of carbonyl (C=O) groups excluding carboxylic acids is 2. The predicted octanol–water partition coefficient (Wildman–Crippen LogP) is 2.26. The Morgan fingerprint density at radius 3 is 2.55 bits per heavy atom. The molecule has 0 aliphatic carbocycles. The van der Waals surface area contributed by atoms with E-state index in [2.05, 4.69) is 0 Å². The van der Waals surface area contributed by atoms with E-state index in [1.54, 1.807) is 17.0 Å². The quantitative estimate of drug-likeness (QED) is 0.617. The van der Waals surface area contributed by atoms with Crippen LogP contribution in [0, 0.1) is 0 Å². The zero-order valence-corrected chi connectivity index (χ0v) is 17.8. The third-order valence-corrected chi connectivity index (χ3v) is 5.68. The van der Waals surface area contributed by atoms with Crippen LogP contribution in [0.5, 0.6) is 5.75 Å². The molecule has 0 unspecified atom stereocenters. The summed E-state index contributed by atoms with van der Waals surface area (Å²) in [5.74, 6) is -0.513. The van der Waals surface area contributed by atoms with Crippen molar-refractivity contribution in [3.63, 3.8) is 0 Å². The van der Waals surface area contributed by atoms with Crippen LogP contribution in [-0.4, -0.2) is 55.5 Å². The summed E-state index contributed by atoms with van der Waals surface area (Å²) in [7, 11) is 4.00. The van der Waals surface area contributed by atoms with Gasteiger partial charge < -0.3 is 19.6 Å². The Morgan fingerprint density at radius 1 is 1.24 bits per heavy atom. The molecule has 3 rings (SSSR count). The highest BCUT2D eigenvalue weighted by Crippen LogP contribution is 2.39. The summed E-state index contributed by atoms with van der Waals surface area (Å²) in [6.07, 6.45) is 0.912. The zero-order chi connectivity index (χ0) is 21.0. The van der Waals surface area contributed by atoms with Crippen LogP contribution in [0.3, 0.4) is 0 Å². The molecule has 6 nitrogen and oxygen atoms in total. The number of nitrogens with zero attached hydrogens (tertiary/aromatic N) is 1. The summed E-state index contributed by atoms with van der Waals surface area (Å²) in [5, 5.41) is 12.4. The number of ether oxygens (including phenoxy) is 1. The van der Waals surface area contributed by atoms with Crippen LogP contribution in [0.4, 0.5) is 0 Å². The van der Waals surface area contributed by atoms with Crippen molar-refractivity contribution in [3.8, 4) is 5.75 Å². The van der Waals surface area contributed by atoms with Gasteiger partial charge in [0.05, 0.1) is 50.3 Å². The molecule has 1 aliphatic rings. The first-order valence-electron chi connectivity index (χ1n) is 9.78. The third kappa shape index (κ3) is 4.52. The molecule has 2 aromatic rings. The molecule has 0 saturated heterocycles. The van der Waals surface area contributed by atoms with Crippen LogP contribution < -0.4 is 9.64 Å². The van der Waals surface area contributed by atoms with Gasteiger partial charge in [-0.3, -0.25) is 9.59 Å². The highest BCUT2D eigenvalue weighted by Gasteiger charge is 2.44. The van der Waals surface area contributed by atoms with Crippen LogP contribution in [0.1, 0.15) is 34.6 Å². The number of carbonyl (C=O) groups is 2. The molecule has 0 saturated carbocycles. The lowest BCUT2D eigenvalue weighted by Gasteiger charge is -2.27. The number of quaternary nitrogens is 1. The van der Waals surface area contributed by atoms with E-state index >= 15 is 0 Å². The first-order chi connectivity index (χ1) is 13.9. The van der Waals surface area contributed by atoms with Crippen molar-refractivity contribution in [2.75, 3.05) is 33.8 Å². The molecule has 2 N–H and O–H groups in total. The molecule has 2 heterocycles. The van der Waals surface area contributed by atoms with Gasteiger partial charge in [0.1, 0.15) is 5.75 Å². The summed E-state index contributed by atoms with van der Waals surface area (Å²) in [6.45, 7) is 3.81. The number of likely N-dealkylation sites (N-methyl/N-ethyl adjacent to an activating group) is 1. The van der Waals surface area contributed by atoms with Crippen molar-refractivity contribution in [1.29, 1.82) is 0 Å². The molecule has 0 spiro atoms. The highest BCUT2D eigenvalue weighted by atomic mass is 32.1. The first kappa shape index (κ1) is 21.1. The normalized spacial score (nSPS) is 16.8. The van der Waals surface area contributed by atoms with Crippen molar-refractivity contribution < 1.29 is 24.3 Å². The molecule has 1 aromatic carbocycles. The monoisotopic (exact) mass is 415 g/mol. The third-order valence-electron chi connectivity index (χ3n) is 4.81. The molecule has 1 aromatic heterocycles. The molecular weight excluding hydrogens is 388 g/mol. The Balaban J connectivity index is 1.98. The fraction of sp³-hybridized carbons (Fsp3) is 0.364. The summed E-state index contributed by atoms with van der Waals surface area (Å²) in [4.78, 5) is 29.2. The molecule has 7 heteroatoms. The minimum absolute atomic E-state index is 0.147. The van der Waals surface area contributed by atoms with Crippen LogP contribution >= 0.6 is 11.3 Å². The van der Waals surface area contributed by atoms with E-state index in [0.717, 1.165) is 17.7 Å². The number of rotatable bonds is 9. The van der Waals surface area contributed by atoms with Crippen LogP contribution in [0.25, 0.3) is 0 Å². The van der Waals surface area contributed by atoms with Crippen molar-refractivity contribution in [1.82, 2.24) is 4.90 Å². The van der Waals surface area contributed by atoms with E-state index in [-0.39, 0.29) is 11.4 Å². The Morgan fingerprint density at radius 2 is 1.97 bits per heavy atom. The van der Waals surface area contributed by atoms with Crippen LogP contribution in [-0.2, 0) is 4.79 Å². The molecule has 29 heavy (non-hydrogen) atoms. The molecule has 154 valence electrons. The van der Waals surface area contributed by atoms with Crippen molar-refractivity contribution >= 4 is 23.0 Å². The Kier molecular flexibility index (Phi) is 6.71. The second kappa shape index (κ2) is 9.24. The van der Waals surface area contributed by atoms with Gasteiger partial charge in [-0.1, -0.05) is 25.1 Å². The largest absolute Gasteiger partial charge is 0.503 e. The molecule has 0 fully saturated rings. The Hall–Kier alpha value is -2.64. The minimum Gasteiger partial charge on any atom is -0.503 e. The zero-order valence-electron chi connectivity index (χ0n) is 17.0. The number of hydrogen-bond donors (Lipinski definition) is 2. The average molecular weight is 416 g/mol. The van der Waals surface area contributed by atoms with Gasteiger partial charge >= 0.3 is 0 Å². The Bertz CT molecular complexity index is 888. The topological polar surface area (TPSA) is 71.3 Å². The molecule has 0 radical (unpaired) electrons. The maximum absolute atomic E-state index is 13.1. The number of aliphatic hydroxyl groups excluding tert-OH is 1. The second-order valence-electron chi connectivity index (χ2n) is 7.34. The van der Waals surface area contributed by atoms with Gasteiger partial charge in [-0.2, -0.15) is 0 Å². The fourth-order valence-electron chi connectivity index (χ4n) is 3.31. The maximum atomic E-state index is 13.1. The number of aliphatic hydroxyl groups is 1. The lowest BCUT2D eigenvalue weighted by molar-refractivity contribution is -0.857. The molecule has 1 atom stereocenters. The number of ketones is 1. The fourth-order valence-corrected chi connectivity index (χ4v) is 3.99. The SMILES string of the molecule is CCCOc1ccc([C@H]2C(C(=O)c3cccs3)=C(O)C(=O)N2CC[NH+](C)C)cc1. The van der Waals surface area contributed by atoms with Gasteiger partial charge in [0.15, 0.2) is 5.76 Å². The summed E-state index contributed by atoms with van der Waals surface area (Å²) in [6, 6.07) is 10.3. The molecule has 1 aliphatic heterocycles. The summed E-state index contributed by atoms with van der Waals surface area (Å²) < 4.78 is 5.64. The first-order valence-corrected chi connectivity index (χ1v) is 10.7. The van der Waals surface area contributed by atoms with Crippen molar-refractivity contribution in [3.05, 3.63) is 63.6 Å². The van der Waals surface area contributed by atoms with E-state index in [9.17, 15) is 14.7 Å². The van der Waals surface area contributed by atoms with Crippen LogP contribution in [0.2, 0.25) is 0 Å². The van der Waals surface area contributed by atoms with E-state index in [0.29, 0.717) is 24.6 Å². The molecule has 0 bridgehead atoms. The van der Waals surface area contributed by atoms with Gasteiger partial charge in [0, 0.05) is 0 Å². The minimum atomic E-state index is -0.614. The lowest BCUT2D eigenvalue weighted by Crippen LogP contribution is -3.06. The smallest absolute Gasteiger partial charge is 0.290 e. The highest BCUT2D eigenvalue weighted by molar-refractivity contribution is 7.12. The van der Waals surface area contributed by atoms with Gasteiger partial charge in [0.2, 0.25) is 5.78 Å². The van der Waals surface area contributed by atoms with E-state index in [4.69, 9.17) is 4.74 Å². The van der Waals surface area contributed by atoms with Crippen molar-refractivity contribution in [2.24, 2.45) is 0 Å². The number of benzene rings is 1. The number of amides is 1. The van der Waals surface area contributed by atoms with Crippen molar-refractivity contribution in [2.45, 2.75) is 19.4 Å². The number of nitrogens with one attached hydrogen (secondary N) is 1. The maximum Gasteiger partial charge on any atom is 0.290 e. The second-order valence-corrected chi connectivity index (χ2v) is 8.29. The number of Topliss-reactive ketones (excluding diaryl/α,β-unsaturated/α-hetero) is 1. The standard InChI is InChI=1S/C22H26N2O4S/c1-4-13-28-16-9-7-15(8-10-16)19-18(20(25)17-6-5-14-29-17)21(26)22(27)24(19)12-11-23(2)3/h5-10,14,19,26H,4,11-13H2,1-3H3/p+1/t19-/m0/s1. The number of hydrogen-bond acceptors (Lipinski definition) is 5. The van der Waals surface area contributed by atoms with Gasteiger partial charge in [0.25, 0.3) is 5.91 Å². The molecule has 1 amide bonds. The van der Waals surface area contributed by atoms with E-state index < -0.39 is 17.7 Å². The lowest BCUT2D eigenvalue weighted by atomic mass is 9.95. The predicted molar refractivity (Wildman–Crippen MR) is 113 cm³/mol. The van der Waals surface area contributed by atoms with E-state index in [1.165, 1.54) is 16.2 Å². The van der Waals surface area contributed by atoms with Gasteiger partial charge in [-0.05, 0) is 35.6 Å². The Labute approximate surface area is 175 Å². The van der Waals surface area contributed by atoms with Gasteiger partial charge in [-0.15, -0.1) is 11.3 Å². The van der Waals surface area contributed by atoms with Crippen LogP contribution in [0.15, 0.2) is 53.1 Å². The average Bonchev–Trinajstić information content (AvgIpc) is 3.33. The van der Waals surface area contributed by atoms with E-state index in [1.807, 2.05) is 50.7 Å².